The summed E-state index contributed by atoms with van der Waals surface area (Å²) in [5, 5.41) is 0.917. The highest BCUT2D eigenvalue weighted by atomic mass is 32.2. The molecule has 1 aromatic heterocycles. The Balaban J connectivity index is 1.99. The fourth-order valence-electron chi connectivity index (χ4n) is 3.58. The quantitative estimate of drug-likeness (QED) is 0.694. The third-order valence-electron chi connectivity index (χ3n) is 5.00. The van der Waals surface area contributed by atoms with E-state index in [1.165, 1.54) is 6.20 Å². The third kappa shape index (κ3) is 2.86. The van der Waals surface area contributed by atoms with Gasteiger partial charge in [0.1, 0.15) is 4.90 Å². The summed E-state index contributed by atoms with van der Waals surface area (Å²) in [4.78, 5) is 7.28. The van der Waals surface area contributed by atoms with E-state index in [1.807, 2.05) is 44.2 Å². The van der Waals surface area contributed by atoms with Gasteiger partial charge < -0.3 is 4.90 Å². The summed E-state index contributed by atoms with van der Waals surface area (Å²) in [6.45, 7) is 5.73. The Labute approximate surface area is 154 Å². The van der Waals surface area contributed by atoms with Crippen LogP contribution in [-0.4, -0.2) is 26.5 Å². The molecule has 0 unspecified atom stereocenters. The number of hydrogen-bond acceptors (Lipinski definition) is 4. The minimum atomic E-state index is -3.63. The molecule has 0 spiro atoms. The summed E-state index contributed by atoms with van der Waals surface area (Å²) in [6.07, 6.45) is 3.69. The first-order chi connectivity index (χ1) is 12.5. The summed E-state index contributed by atoms with van der Waals surface area (Å²) in [6, 6.07) is 13.0. The number of nitrogens with zero attached hydrogens (tertiary/aromatic N) is 2. The molecule has 26 heavy (non-hydrogen) atoms. The van der Waals surface area contributed by atoms with E-state index in [4.69, 9.17) is 0 Å². The first-order valence-electron chi connectivity index (χ1n) is 8.93. The second kappa shape index (κ2) is 6.40. The van der Waals surface area contributed by atoms with Crippen molar-refractivity contribution in [3.63, 3.8) is 0 Å². The molecular weight excluding hydrogens is 344 g/mol. The van der Waals surface area contributed by atoms with Crippen molar-refractivity contribution >= 4 is 26.4 Å². The minimum absolute atomic E-state index is 0.307. The molecule has 1 saturated heterocycles. The van der Waals surface area contributed by atoms with Crippen molar-refractivity contribution in [3.05, 3.63) is 59.8 Å². The number of aromatic nitrogens is 1. The zero-order valence-electron chi connectivity index (χ0n) is 15.1. The van der Waals surface area contributed by atoms with Crippen LogP contribution in [0.2, 0.25) is 0 Å². The molecule has 1 aliphatic heterocycles. The summed E-state index contributed by atoms with van der Waals surface area (Å²) >= 11 is 0. The van der Waals surface area contributed by atoms with Gasteiger partial charge in [-0.1, -0.05) is 29.3 Å². The van der Waals surface area contributed by atoms with Crippen LogP contribution >= 0.6 is 0 Å². The maximum atomic E-state index is 13.4. The normalized spacial score (nSPS) is 14.9. The van der Waals surface area contributed by atoms with Crippen molar-refractivity contribution in [2.75, 3.05) is 18.0 Å². The Morgan fingerprint density at radius 1 is 0.923 bits per heavy atom. The van der Waals surface area contributed by atoms with Gasteiger partial charge in [0.25, 0.3) is 0 Å². The number of aryl methyl sites for hydroxylation is 2. The molecule has 0 aliphatic carbocycles. The molecule has 134 valence electrons. The van der Waals surface area contributed by atoms with Crippen LogP contribution in [0.15, 0.2) is 58.5 Å². The zero-order valence-corrected chi connectivity index (χ0v) is 15.9. The molecule has 4 rings (SSSR count). The molecule has 0 saturated carbocycles. The van der Waals surface area contributed by atoms with Crippen LogP contribution in [0, 0.1) is 13.8 Å². The number of anilines is 1. The Morgan fingerprint density at radius 3 is 2.27 bits per heavy atom. The summed E-state index contributed by atoms with van der Waals surface area (Å²) in [5.74, 6) is 0. The van der Waals surface area contributed by atoms with E-state index in [0.717, 1.165) is 53.6 Å². The molecule has 0 N–H and O–H groups in total. The molecule has 1 fully saturated rings. The first kappa shape index (κ1) is 17.0. The Hall–Kier alpha value is -2.40. The first-order valence-corrected chi connectivity index (χ1v) is 10.4. The zero-order chi connectivity index (χ0) is 18.3. The number of hydrogen-bond donors (Lipinski definition) is 0. The number of pyridine rings is 1. The van der Waals surface area contributed by atoms with Gasteiger partial charge in [0.2, 0.25) is 9.84 Å². The molecule has 2 aromatic carbocycles. The maximum Gasteiger partial charge on any atom is 0.210 e. The van der Waals surface area contributed by atoms with Crippen molar-refractivity contribution in [2.24, 2.45) is 0 Å². The second-order valence-electron chi connectivity index (χ2n) is 7.00. The molecule has 0 amide bonds. The predicted octanol–water partition coefficient (Wildman–Crippen LogP) is 4.28. The molecule has 4 nitrogen and oxygen atoms in total. The smallest absolute Gasteiger partial charge is 0.210 e. The second-order valence-corrected chi connectivity index (χ2v) is 8.92. The van der Waals surface area contributed by atoms with Gasteiger partial charge >= 0.3 is 0 Å². The van der Waals surface area contributed by atoms with Gasteiger partial charge in [0, 0.05) is 24.7 Å². The average Bonchev–Trinajstić information content (AvgIpc) is 3.15. The van der Waals surface area contributed by atoms with Crippen molar-refractivity contribution in [1.29, 1.82) is 0 Å². The number of sulfone groups is 1. The topological polar surface area (TPSA) is 50.3 Å². The van der Waals surface area contributed by atoms with Crippen molar-refractivity contribution < 1.29 is 8.42 Å². The van der Waals surface area contributed by atoms with Crippen LogP contribution in [0.25, 0.3) is 10.9 Å². The Kier molecular flexibility index (Phi) is 4.19. The highest BCUT2D eigenvalue weighted by Crippen LogP contribution is 2.37. The average molecular weight is 366 g/mol. The van der Waals surface area contributed by atoms with Crippen molar-refractivity contribution in [2.45, 2.75) is 36.5 Å². The number of rotatable bonds is 3. The highest BCUT2D eigenvalue weighted by Gasteiger charge is 2.28. The molecule has 0 bridgehead atoms. The van der Waals surface area contributed by atoms with E-state index in [1.54, 1.807) is 12.1 Å². The summed E-state index contributed by atoms with van der Waals surface area (Å²) in [7, 11) is -3.63. The van der Waals surface area contributed by atoms with E-state index in [9.17, 15) is 8.42 Å². The van der Waals surface area contributed by atoms with Crippen molar-refractivity contribution in [3.8, 4) is 0 Å². The summed E-state index contributed by atoms with van der Waals surface area (Å²) in [5.41, 5.74) is 3.78. The maximum absolute atomic E-state index is 13.4. The molecule has 3 aromatic rings. The number of benzene rings is 2. The Morgan fingerprint density at radius 2 is 1.58 bits per heavy atom. The van der Waals surface area contributed by atoms with E-state index < -0.39 is 9.84 Å². The predicted molar refractivity (Wildman–Crippen MR) is 105 cm³/mol. The van der Waals surface area contributed by atoms with Crippen LogP contribution in [0.3, 0.4) is 0 Å². The van der Waals surface area contributed by atoms with Gasteiger partial charge in [-0.3, -0.25) is 4.98 Å². The van der Waals surface area contributed by atoms with Crippen LogP contribution in [0.5, 0.6) is 0 Å². The SMILES string of the molecule is Cc1ccc(S(=O)(=O)c2cnc3ccc(C)cc3c2N2CCCC2)cc1. The van der Waals surface area contributed by atoms with E-state index in [0.29, 0.717) is 9.79 Å². The molecule has 2 heterocycles. The van der Waals surface area contributed by atoms with Crippen LogP contribution < -0.4 is 4.90 Å². The van der Waals surface area contributed by atoms with Crippen molar-refractivity contribution in [1.82, 2.24) is 4.98 Å². The highest BCUT2D eigenvalue weighted by molar-refractivity contribution is 7.91. The van der Waals surface area contributed by atoms with E-state index in [-0.39, 0.29) is 0 Å². The molecular formula is C21H22N2O2S. The summed E-state index contributed by atoms with van der Waals surface area (Å²) < 4.78 is 26.8. The van der Waals surface area contributed by atoms with E-state index in [2.05, 4.69) is 9.88 Å². The third-order valence-corrected chi connectivity index (χ3v) is 6.78. The lowest BCUT2D eigenvalue weighted by atomic mass is 10.1. The lowest BCUT2D eigenvalue weighted by Gasteiger charge is -2.23. The lowest BCUT2D eigenvalue weighted by Crippen LogP contribution is -2.21. The van der Waals surface area contributed by atoms with Gasteiger partial charge in [0.15, 0.2) is 0 Å². The van der Waals surface area contributed by atoms with E-state index >= 15 is 0 Å². The van der Waals surface area contributed by atoms with Gasteiger partial charge in [-0.2, -0.15) is 0 Å². The molecule has 0 atom stereocenters. The fraction of sp³-hybridized carbons (Fsp3) is 0.286. The molecule has 0 radical (unpaired) electrons. The van der Waals surface area contributed by atoms with Crippen LogP contribution in [-0.2, 0) is 9.84 Å². The molecule has 5 heteroatoms. The number of fused-ring (bicyclic) bond motifs is 1. The van der Waals surface area contributed by atoms with Crippen LogP contribution in [0.4, 0.5) is 5.69 Å². The van der Waals surface area contributed by atoms with Gasteiger partial charge in [-0.25, -0.2) is 8.42 Å². The van der Waals surface area contributed by atoms with Gasteiger partial charge in [-0.05, 0) is 51.0 Å². The van der Waals surface area contributed by atoms with Crippen LogP contribution in [0.1, 0.15) is 24.0 Å². The van der Waals surface area contributed by atoms with Gasteiger partial charge in [0.05, 0.1) is 16.1 Å². The largest absolute Gasteiger partial charge is 0.370 e. The monoisotopic (exact) mass is 366 g/mol. The minimum Gasteiger partial charge on any atom is -0.370 e. The Bertz CT molecular complexity index is 1070. The lowest BCUT2D eigenvalue weighted by molar-refractivity contribution is 0.595. The standard InChI is InChI=1S/C21H22N2O2S/c1-15-5-8-17(9-6-15)26(24,25)20-14-22-19-10-7-16(2)13-18(19)21(20)23-11-3-4-12-23/h5-10,13-14H,3-4,11-12H2,1-2H3. The van der Waals surface area contributed by atoms with Gasteiger partial charge in [-0.15, -0.1) is 0 Å². The molecule has 1 aliphatic rings. The fourth-order valence-corrected chi connectivity index (χ4v) is 5.02.